The van der Waals surface area contributed by atoms with E-state index in [1.807, 2.05) is 0 Å². The van der Waals surface area contributed by atoms with E-state index in [1.54, 1.807) is 6.92 Å². The summed E-state index contributed by atoms with van der Waals surface area (Å²) in [5.74, 6) is -0.893. The van der Waals surface area contributed by atoms with Gasteiger partial charge in [0.05, 0.1) is 0 Å². The number of aryl methyl sites for hydroxylation is 1. The quantitative estimate of drug-likeness (QED) is 0.683. The first-order valence-electron chi connectivity index (χ1n) is 5.69. The van der Waals surface area contributed by atoms with E-state index in [2.05, 4.69) is 10.3 Å². The number of rotatable bonds is 4. The lowest BCUT2D eigenvalue weighted by atomic mass is 10.3. The molecule has 1 aromatic carbocycles. The van der Waals surface area contributed by atoms with Crippen LogP contribution in [0.5, 0.6) is 0 Å². The third-order valence-electron chi connectivity index (χ3n) is 2.63. The van der Waals surface area contributed by atoms with Crippen LogP contribution in [0.3, 0.4) is 0 Å². The van der Waals surface area contributed by atoms with E-state index in [-0.39, 0.29) is 18.1 Å². The van der Waals surface area contributed by atoms with E-state index in [4.69, 9.17) is 0 Å². The van der Waals surface area contributed by atoms with Gasteiger partial charge in [-0.2, -0.15) is 0 Å². The van der Waals surface area contributed by atoms with Crippen LogP contribution in [0, 0.1) is 22.9 Å². The molecule has 0 spiro atoms. The summed E-state index contributed by atoms with van der Waals surface area (Å²) in [6, 6.07) is 5.39. The molecule has 0 saturated carbocycles. The maximum atomic E-state index is 13.0. The van der Waals surface area contributed by atoms with Crippen molar-refractivity contribution in [3.8, 4) is 0 Å². The summed E-state index contributed by atoms with van der Waals surface area (Å²) in [7, 11) is 0. The molecule has 7 nitrogen and oxygen atoms in total. The zero-order valence-electron chi connectivity index (χ0n) is 10.5. The van der Waals surface area contributed by atoms with Crippen molar-refractivity contribution in [2.75, 3.05) is 5.32 Å². The minimum absolute atomic E-state index is 0.265. The van der Waals surface area contributed by atoms with E-state index in [1.165, 1.54) is 22.8 Å². The molecule has 8 heteroatoms. The number of benzene rings is 1. The van der Waals surface area contributed by atoms with Gasteiger partial charge in [0.25, 0.3) is 5.91 Å². The molecule has 20 heavy (non-hydrogen) atoms. The molecule has 0 unspecified atom stereocenters. The molecule has 0 radical (unpaired) electrons. The van der Waals surface area contributed by atoms with E-state index in [0.29, 0.717) is 5.82 Å². The molecule has 0 atom stereocenters. The zero-order valence-corrected chi connectivity index (χ0v) is 10.5. The molecular weight excluding hydrogens is 267 g/mol. The van der Waals surface area contributed by atoms with Gasteiger partial charge in [-0.15, -0.1) is 0 Å². The Balaban J connectivity index is 2.12. The smallest absolute Gasteiger partial charge is 0.343 e. The standard InChI is InChI=1S/C12H11FN4O3/c1-8-14-6-12(17(19)20)16(8)7-11(18)15-10-4-2-3-9(13)5-10/h2-6H,7H2,1H3,(H,15,18). The number of carbonyl (C=O) groups excluding carboxylic acids is 1. The maximum Gasteiger partial charge on any atom is 0.343 e. The van der Waals surface area contributed by atoms with Crippen LogP contribution in [-0.4, -0.2) is 20.4 Å². The zero-order chi connectivity index (χ0) is 14.7. The highest BCUT2D eigenvalue weighted by molar-refractivity contribution is 5.90. The number of imidazole rings is 1. The Kier molecular flexibility index (Phi) is 3.74. The summed E-state index contributed by atoms with van der Waals surface area (Å²) in [4.78, 5) is 25.8. The van der Waals surface area contributed by atoms with Crippen molar-refractivity contribution in [2.24, 2.45) is 0 Å². The van der Waals surface area contributed by atoms with Gasteiger partial charge in [-0.1, -0.05) is 6.07 Å². The molecule has 0 saturated heterocycles. The van der Waals surface area contributed by atoms with Gasteiger partial charge in [-0.05, 0) is 23.1 Å². The van der Waals surface area contributed by atoms with Crippen molar-refractivity contribution in [3.63, 3.8) is 0 Å². The van der Waals surface area contributed by atoms with Crippen LogP contribution in [0.1, 0.15) is 5.82 Å². The molecule has 0 fully saturated rings. The van der Waals surface area contributed by atoms with Gasteiger partial charge in [0.1, 0.15) is 12.0 Å². The first-order valence-corrected chi connectivity index (χ1v) is 5.69. The first kappa shape index (κ1) is 13.7. The summed E-state index contributed by atoms with van der Waals surface area (Å²) in [6.45, 7) is 1.29. The lowest BCUT2D eigenvalue weighted by Crippen LogP contribution is -2.20. The summed E-state index contributed by atoms with van der Waals surface area (Å²) in [5.41, 5.74) is 0.287. The van der Waals surface area contributed by atoms with Crippen LogP contribution >= 0.6 is 0 Å². The SMILES string of the molecule is Cc1ncc([N+](=O)[O-])n1CC(=O)Nc1cccc(F)c1. The average Bonchev–Trinajstić information content (AvgIpc) is 2.71. The number of hydrogen-bond acceptors (Lipinski definition) is 4. The number of carbonyl (C=O) groups is 1. The van der Waals surface area contributed by atoms with Crippen molar-refractivity contribution in [2.45, 2.75) is 13.5 Å². The third-order valence-corrected chi connectivity index (χ3v) is 2.63. The minimum Gasteiger partial charge on any atom is -0.358 e. The molecule has 0 aliphatic heterocycles. The number of hydrogen-bond donors (Lipinski definition) is 1. The first-order chi connectivity index (χ1) is 9.47. The molecule has 1 amide bonds. The van der Waals surface area contributed by atoms with Crippen molar-refractivity contribution in [1.29, 1.82) is 0 Å². The molecule has 0 aliphatic carbocycles. The lowest BCUT2D eigenvalue weighted by Gasteiger charge is -2.05. The number of nitro groups is 1. The van der Waals surface area contributed by atoms with Crippen LogP contribution in [0.2, 0.25) is 0 Å². The molecule has 0 bridgehead atoms. The molecule has 2 aromatic rings. The van der Waals surface area contributed by atoms with Gasteiger partial charge in [-0.3, -0.25) is 4.79 Å². The molecule has 0 aliphatic rings. The van der Waals surface area contributed by atoms with Crippen LogP contribution in [-0.2, 0) is 11.3 Å². The maximum absolute atomic E-state index is 13.0. The van der Waals surface area contributed by atoms with Crippen LogP contribution in [0.15, 0.2) is 30.5 Å². The number of nitrogens with zero attached hydrogens (tertiary/aromatic N) is 3. The Morgan fingerprint density at radius 2 is 2.30 bits per heavy atom. The predicted octanol–water partition coefficient (Wildman–Crippen LogP) is 1.88. The van der Waals surface area contributed by atoms with E-state index >= 15 is 0 Å². The second-order valence-electron chi connectivity index (χ2n) is 4.07. The molecule has 1 N–H and O–H groups in total. The monoisotopic (exact) mass is 278 g/mol. The predicted molar refractivity (Wildman–Crippen MR) is 68.6 cm³/mol. The number of aromatic nitrogens is 2. The molecular formula is C12H11FN4O3. The highest BCUT2D eigenvalue weighted by Crippen LogP contribution is 2.14. The fraction of sp³-hybridized carbons (Fsp3) is 0.167. The minimum atomic E-state index is -0.616. The Morgan fingerprint density at radius 1 is 1.55 bits per heavy atom. The molecule has 1 aromatic heterocycles. The molecule has 2 rings (SSSR count). The normalized spacial score (nSPS) is 10.3. The molecule has 1 heterocycles. The van der Waals surface area contributed by atoms with Gasteiger partial charge in [0.2, 0.25) is 0 Å². The Hall–Kier alpha value is -2.77. The Morgan fingerprint density at radius 3 is 2.95 bits per heavy atom. The summed E-state index contributed by atoms with van der Waals surface area (Å²) >= 11 is 0. The van der Waals surface area contributed by atoms with Gasteiger partial charge in [0.15, 0.2) is 12.4 Å². The largest absolute Gasteiger partial charge is 0.358 e. The van der Waals surface area contributed by atoms with E-state index in [0.717, 1.165) is 12.3 Å². The number of anilines is 1. The summed E-state index contributed by atoms with van der Waals surface area (Å²) in [6.07, 6.45) is 1.09. The Labute approximate surface area is 113 Å². The second kappa shape index (κ2) is 5.47. The van der Waals surface area contributed by atoms with Gasteiger partial charge >= 0.3 is 5.82 Å². The highest BCUT2D eigenvalue weighted by Gasteiger charge is 2.20. The third kappa shape index (κ3) is 2.97. The second-order valence-corrected chi connectivity index (χ2v) is 4.07. The number of amides is 1. The van der Waals surface area contributed by atoms with Crippen LogP contribution in [0.4, 0.5) is 15.9 Å². The fourth-order valence-electron chi connectivity index (χ4n) is 1.71. The highest BCUT2D eigenvalue weighted by atomic mass is 19.1. The van der Waals surface area contributed by atoms with Gasteiger partial charge in [-0.25, -0.2) is 13.9 Å². The van der Waals surface area contributed by atoms with E-state index in [9.17, 15) is 19.3 Å². The van der Waals surface area contributed by atoms with Crippen molar-refractivity contribution in [1.82, 2.24) is 9.55 Å². The van der Waals surface area contributed by atoms with Crippen molar-refractivity contribution < 1.29 is 14.1 Å². The number of halogens is 1. The molecule has 104 valence electrons. The van der Waals surface area contributed by atoms with E-state index < -0.39 is 16.6 Å². The summed E-state index contributed by atoms with van der Waals surface area (Å²) in [5, 5.41) is 13.2. The average molecular weight is 278 g/mol. The number of nitrogens with one attached hydrogen (secondary N) is 1. The van der Waals surface area contributed by atoms with Gasteiger partial charge in [0, 0.05) is 12.6 Å². The summed E-state index contributed by atoms with van der Waals surface area (Å²) < 4.78 is 14.1. The van der Waals surface area contributed by atoms with Crippen LogP contribution in [0.25, 0.3) is 0 Å². The lowest BCUT2D eigenvalue weighted by molar-refractivity contribution is -0.392. The fourth-order valence-corrected chi connectivity index (χ4v) is 1.71. The topological polar surface area (TPSA) is 90.1 Å². The Bertz CT molecular complexity index is 668. The van der Waals surface area contributed by atoms with Gasteiger partial charge < -0.3 is 15.4 Å². The van der Waals surface area contributed by atoms with Crippen molar-refractivity contribution in [3.05, 3.63) is 52.2 Å². The van der Waals surface area contributed by atoms with Crippen LogP contribution < -0.4 is 5.32 Å². The van der Waals surface area contributed by atoms with Crippen molar-refractivity contribution >= 4 is 17.4 Å².